The first-order valence-corrected chi connectivity index (χ1v) is 10.0. The van der Waals surface area contributed by atoms with Crippen molar-refractivity contribution < 1.29 is 19.1 Å². The molecule has 2 amide bonds. The summed E-state index contributed by atoms with van der Waals surface area (Å²) in [6.45, 7) is 3.37. The van der Waals surface area contributed by atoms with Crippen LogP contribution in [0.3, 0.4) is 0 Å². The molecule has 0 bridgehead atoms. The van der Waals surface area contributed by atoms with Crippen LogP contribution in [0.5, 0.6) is 5.75 Å². The molecule has 2 N–H and O–H groups in total. The van der Waals surface area contributed by atoms with Crippen LogP contribution in [0, 0.1) is 11.3 Å². The molecule has 0 saturated carbocycles. The number of nitrogens with one attached hydrogen (secondary N) is 2. The lowest BCUT2D eigenvalue weighted by Crippen LogP contribution is -2.53. The number of rotatable bonds is 6. The van der Waals surface area contributed by atoms with E-state index in [1.165, 1.54) is 0 Å². The van der Waals surface area contributed by atoms with E-state index >= 15 is 0 Å². The topological polar surface area (TPSA) is 79.9 Å². The van der Waals surface area contributed by atoms with Crippen LogP contribution in [0.2, 0.25) is 0 Å². The predicted molar refractivity (Wildman–Crippen MR) is 115 cm³/mol. The third kappa shape index (κ3) is 5.41. The van der Waals surface area contributed by atoms with E-state index < -0.39 is 5.41 Å². The van der Waals surface area contributed by atoms with Gasteiger partial charge in [-0.3, -0.25) is 9.59 Å². The molecule has 0 unspecified atom stereocenters. The Kier molecular flexibility index (Phi) is 8.74. The van der Waals surface area contributed by atoms with Crippen molar-refractivity contribution in [1.82, 2.24) is 10.2 Å². The quantitative estimate of drug-likeness (QED) is 0.731. The highest BCUT2D eigenvalue weighted by molar-refractivity contribution is 5.94. The number of likely N-dealkylation sites (tertiary alicyclic amines) is 1. The smallest absolute Gasteiger partial charge is 0.231 e. The zero-order valence-electron chi connectivity index (χ0n) is 17.2. The van der Waals surface area contributed by atoms with Gasteiger partial charge in [0.1, 0.15) is 5.75 Å². The Bertz CT molecular complexity index is 681. The van der Waals surface area contributed by atoms with Crippen molar-refractivity contribution >= 4 is 29.9 Å². The maximum atomic E-state index is 13.2. The standard InChI is InChI=1S/C21H31N3O4.ClH/c1-27-15-21(9-11-22-12-10-21)20(26)24-13-7-16(8-14-24)19(25)23-17-5-3-4-6-18(17)28-2;/h3-6,16,22H,7-15H2,1-2H3,(H,23,25);1H. The Hall–Kier alpha value is -1.83. The van der Waals surface area contributed by atoms with Crippen LogP contribution in [0.1, 0.15) is 25.7 Å². The SMILES string of the molecule is COCC1(C(=O)N2CCC(C(=O)Nc3ccccc3OC)CC2)CCNCC1.Cl. The van der Waals surface area contributed by atoms with Crippen LogP contribution < -0.4 is 15.4 Å². The normalized spacial score (nSPS) is 19.2. The number of hydrogen-bond acceptors (Lipinski definition) is 5. The minimum Gasteiger partial charge on any atom is -0.495 e. The molecule has 7 nitrogen and oxygen atoms in total. The number of piperidine rings is 2. The van der Waals surface area contributed by atoms with Crippen molar-refractivity contribution in [3.05, 3.63) is 24.3 Å². The van der Waals surface area contributed by atoms with Gasteiger partial charge in [-0.05, 0) is 50.9 Å². The third-order valence-corrected chi connectivity index (χ3v) is 5.95. The van der Waals surface area contributed by atoms with Gasteiger partial charge in [-0.15, -0.1) is 12.4 Å². The molecular formula is C21H32ClN3O4. The van der Waals surface area contributed by atoms with Crippen molar-refractivity contribution in [1.29, 1.82) is 0 Å². The molecule has 0 atom stereocenters. The fourth-order valence-corrected chi connectivity index (χ4v) is 4.26. The highest BCUT2D eigenvalue weighted by Gasteiger charge is 2.43. The highest BCUT2D eigenvalue weighted by atomic mass is 35.5. The van der Waals surface area contributed by atoms with Crippen LogP contribution in [-0.4, -0.2) is 63.7 Å². The lowest BCUT2D eigenvalue weighted by atomic mass is 9.77. The van der Waals surface area contributed by atoms with Crippen LogP contribution in [0.25, 0.3) is 0 Å². The molecule has 0 radical (unpaired) electrons. The van der Waals surface area contributed by atoms with E-state index in [2.05, 4.69) is 10.6 Å². The lowest BCUT2D eigenvalue weighted by Gasteiger charge is -2.41. The zero-order valence-corrected chi connectivity index (χ0v) is 18.1. The average molecular weight is 426 g/mol. The first-order chi connectivity index (χ1) is 13.6. The van der Waals surface area contributed by atoms with Crippen LogP contribution in [0.4, 0.5) is 5.69 Å². The predicted octanol–water partition coefficient (Wildman–Crippen LogP) is 2.31. The Labute approximate surface area is 178 Å². The molecule has 0 aromatic heterocycles. The Balaban J connectivity index is 0.00000300. The fourth-order valence-electron chi connectivity index (χ4n) is 4.26. The summed E-state index contributed by atoms with van der Waals surface area (Å²) in [6.07, 6.45) is 2.95. The van der Waals surface area contributed by atoms with E-state index in [-0.39, 0.29) is 30.1 Å². The van der Waals surface area contributed by atoms with Gasteiger partial charge in [0.15, 0.2) is 0 Å². The summed E-state index contributed by atoms with van der Waals surface area (Å²) in [5, 5.41) is 6.29. The summed E-state index contributed by atoms with van der Waals surface area (Å²) in [5.41, 5.74) is 0.259. The molecule has 0 spiro atoms. The number of ether oxygens (including phenoxy) is 2. The Morgan fingerprint density at radius 2 is 1.83 bits per heavy atom. The van der Waals surface area contributed by atoms with Gasteiger partial charge >= 0.3 is 0 Å². The molecule has 1 aromatic carbocycles. The molecule has 2 saturated heterocycles. The maximum Gasteiger partial charge on any atom is 0.231 e. The number of benzene rings is 1. The monoisotopic (exact) mass is 425 g/mol. The fraction of sp³-hybridized carbons (Fsp3) is 0.619. The minimum absolute atomic E-state index is 0. The molecular weight excluding hydrogens is 394 g/mol. The van der Waals surface area contributed by atoms with Gasteiger partial charge in [-0.2, -0.15) is 0 Å². The van der Waals surface area contributed by atoms with Crippen molar-refractivity contribution in [2.45, 2.75) is 25.7 Å². The largest absolute Gasteiger partial charge is 0.495 e. The van der Waals surface area contributed by atoms with Crippen molar-refractivity contribution in [3.8, 4) is 5.75 Å². The summed E-state index contributed by atoms with van der Waals surface area (Å²) < 4.78 is 10.7. The van der Waals surface area contributed by atoms with Gasteiger partial charge in [0.25, 0.3) is 0 Å². The number of para-hydroxylation sites is 2. The van der Waals surface area contributed by atoms with E-state index in [9.17, 15) is 9.59 Å². The molecule has 1 aromatic rings. The summed E-state index contributed by atoms with van der Waals surface area (Å²) in [5.74, 6) is 0.723. The lowest BCUT2D eigenvalue weighted by molar-refractivity contribution is -0.149. The minimum atomic E-state index is -0.424. The second kappa shape index (κ2) is 10.8. The summed E-state index contributed by atoms with van der Waals surface area (Å²) in [6, 6.07) is 7.40. The van der Waals surface area contributed by atoms with Gasteiger partial charge < -0.3 is 25.0 Å². The number of halogens is 1. The molecule has 0 aliphatic carbocycles. The third-order valence-electron chi connectivity index (χ3n) is 5.95. The van der Waals surface area contributed by atoms with E-state index in [4.69, 9.17) is 9.47 Å². The Morgan fingerprint density at radius 1 is 1.17 bits per heavy atom. The van der Waals surface area contributed by atoms with Gasteiger partial charge in [0.2, 0.25) is 11.8 Å². The molecule has 2 heterocycles. The number of nitrogens with zero attached hydrogens (tertiary/aromatic N) is 1. The van der Waals surface area contributed by atoms with Crippen LogP contribution in [-0.2, 0) is 14.3 Å². The number of hydrogen-bond donors (Lipinski definition) is 2. The first-order valence-electron chi connectivity index (χ1n) is 10.0. The number of amides is 2. The molecule has 162 valence electrons. The van der Waals surface area contributed by atoms with Gasteiger partial charge in [-0.1, -0.05) is 12.1 Å². The summed E-state index contributed by atoms with van der Waals surface area (Å²) >= 11 is 0. The van der Waals surface area contributed by atoms with Crippen LogP contribution in [0.15, 0.2) is 24.3 Å². The Morgan fingerprint density at radius 3 is 2.45 bits per heavy atom. The van der Waals surface area contributed by atoms with Gasteiger partial charge in [-0.25, -0.2) is 0 Å². The molecule has 2 aliphatic rings. The average Bonchev–Trinajstić information content (AvgIpc) is 2.74. The highest BCUT2D eigenvalue weighted by Crippen LogP contribution is 2.33. The number of anilines is 1. The van der Waals surface area contributed by atoms with Crippen molar-refractivity contribution in [2.24, 2.45) is 11.3 Å². The number of carbonyl (C=O) groups is 2. The second-order valence-electron chi connectivity index (χ2n) is 7.72. The van der Waals surface area contributed by atoms with E-state index in [0.717, 1.165) is 25.9 Å². The molecule has 8 heteroatoms. The van der Waals surface area contributed by atoms with Gasteiger partial charge in [0, 0.05) is 26.1 Å². The molecule has 2 aliphatic heterocycles. The van der Waals surface area contributed by atoms with Crippen LogP contribution >= 0.6 is 12.4 Å². The van der Waals surface area contributed by atoms with Gasteiger partial charge in [0.05, 0.1) is 24.8 Å². The summed E-state index contributed by atoms with van der Waals surface area (Å²) in [7, 11) is 3.25. The first kappa shape index (κ1) is 23.4. The van der Waals surface area contributed by atoms with E-state index in [1.807, 2.05) is 29.2 Å². The molecule has 3 rings (SSSR count). The molecule has 2 fully saturated rings. The maximum absolute atomic E-state index is 13.2. The zero-order chi connectivity index (χ0) is 20.0. The molecule has 29 heavy (non-hydrogen) atoms. The number of carbonyl (C=O) groups excluding carboxylic acids is 2. The van der Waals surface area contributed by atoms with E-state index in [0.29, 0.717) is 44.0 Å². The van der Waals surface area contributed by atoms with E-state index in [1.54, 1.807) is 14.2 Å². The number of methoxy groups -OCH3 is 2. The van der Waals surface area contributed by atoms with Crippen molar-refractivity contribution in [2.75, 3.05) is 52.3 Å². The van der Waals surface area contributed by atoms with Crippen molar-refractivity contribution in [3.63, 3.8) is 0 Å². The summed E-state index contributed by atoms with van der Waals surface area (Å²) in [4.78, 5) is 27.8. The second-order valence-corrected chi connectivity index (χ2v) is 7.72.